The molecule has 0 spiro atoms. The monoisotopic (exact) mass is 271 g/mol. The topological polar surface area (TPSA) is 84.7 Å². The van der Waals surface area contributed by atoms with E-state index >= 15 is 0 Å². The number of carbonyl (C=O) groups excluding carboxylic acids is 2. The van der Waals surface area contributed by atoms with Crippen molar-refractivity contribution in [1.82, 2.24) is 10.2 Å². The minimum absolute atomic E-state index is 0.00157. The highest BCUT2D eigenvalue weighted by molar-refractivity contribution is 5.85. The number of ether oxygens (including phenoxy) is 1. The lowest BCUT2D eigenvalue weighted by Crippen LogP contribution is -2.63. The van der Waals surface area contributed by atoms with Gasteiger partial charge in [-0.2, -0.15) is 0 Å². The van der Waals surface area contributed by atoms with Crippen LogP contribution in [0, 0.1) is 5.41 Å². The Morgan fingerprint density at radius 1 is 1.47 bits per heavy atom. The van der Waals surface area contributed by atoms with Crippen molar-refractivity contribution >= 4 is 11.8 Å². The highest BCUT2D eigenvalue weighted by atomic mass is 16.5. The van der Waals surface area contributed by atoms with Gasteiger partial charge in [-0.05, 0) is 13.3 Å². The lowest BCUT2D eigenvalue weighted by Gasteiger charge is -2.54. The molecule has 110 valence electrons. The Kier molecular flexibility index (Phi) is 5.31. The van der Waals surface area contributed by atoms with Gasteiger partial charge in [-0.15, -0.1) is 0 Å². The summed E-state index contributed by atoms with van der Waals surface area (Å²) in [5.74, 6) is -0.420. The molecule has 6 heteroatoms. The van der Waals surface area contributed by atoms with Gasteiger partial charge in [0.25, 0.3) is 0 Å². The molecule has 0 bridgehead atoms. The van der Waals surface area contributed by atoms with Gasteiger partial charge in [-0.1, -0.05) is 13.8 Å². The fourth-order valence-corrected chi connectivity index (χ4v) is 2.55. The molecule has 0 saturated heterocycles. The van der Waals surface area contributed by atoms with Crippen LogP contribution in [0.5, 0.6) is 0 Å². The van der Waals surface area contributed by atoms with Crippen LogP contribution >= 0.6 is 0 Å². The van der Waals surface area contributed by atoms with E-state index in [9.17, 15) is 9.59 Å². The molecule has 1 fully saturated rings. The summed E-state index contributed by atoms with van der Waals surface area (Å²) in [5.41, 5.74) is 5.12. The highest BCUT2D eigenvalue weighted by Crippen LogP contribution is 2.45. The number of nitrogens with one attached hydrogen (secondary N) is 1. The van der Waals surface area contributed by atoms with E-state index in [2.05, 4.69) is 19.2 Å². The summed E-state index contributed by atoms with van der Waals surface area (Å²) in [6, 6.07) is 0.145. The molecule has 2 atom stereocenters. The average molecular weight is 271 g/mol. The first-order valence-corrected chi connectivity index (χ1v) is 6.68. The van der Waals surface area contributed by atoms with Crippen LogP contribution in [0.15, 0.2) is 0 Å². The number of nitrogens with zero attached hydrogens (tertiary/aromatic N) is 1. The van der Waals surface area contributed by atoms with Gasteiger partial charge in [0.1, 0.15) is 0 Å². The molecule has 1 aliphatic rings. The highest BCUT2D eigenvalue weighted by Gasteiger charge is 2.51. The van der Waals surface area contributed by atoms with Gasteiger partial charge < -0.3 is 20.7 Å². The van der Waals surface area contributed by atoms with Crippen molar-refractivity contribution in [3.05, 3.63) is 0 Å². The largest absolute Gasteiger partial charge is 0.378 e. The van der Waals surface area contributed by atoms with E-state index in [1.807, 2.05) is 6.92 Å². The van der Waals surface area contributed by atoms with Gasteiger partial charge in [-0.25, -0.2) is 0 Å². The van der Waals surface area contributed by atoms with E-state index < -0.39 is 0 Å². The molecule has 0 radical (unpaired) electrons. The molecule has 0 heterocycles. The van der Waals surface area contributed by atoms with Crippen molar-refractivity contribution in [1.29, 1.82) is 0 Å². The van der Waals surface area contributed by atoms with Crippen LogP contribution in [0.4, 0.5) is 0 Å². The number of hydrogen-bond donors (Lipinski definition) is 2. The first-order valence-electron chi connectivity index (χ1n) is 6.68. The first kappa shape index (κ1) is 15.9. The van der Waals surface area contributed by atoms with E-state index in [-0.39, 0.29) is 42.5 Å². The molecular formula is C13H25N3O3. The van der Waals surface area contributed by atoms with Crippen LogP contribution in [-0.4, -0.2) is 55.6 Å². The van der Waals surface area contributed by atoms with E-state index in [0.717, 1.165) is 6.42 Å². The second kappa shape index (κ2) is 6.34. The van der Waals surface area contributed by atoms with Gasteiger partial charge in [0.05, 0.1) is 19.2 Å². The number of rotatable bonds is 6. The third-order valence-electron chi connectivity index (χ3n) is 3.98. The molecule has 0 aromatic carbocycles. The summed E-state index contributed by atoms with van der Waals surface area (Å²) >= 11 is 0. The maximum Gasteiger partial charge on any atom is 0.241 e. The summed E-state index contributed by atoms with van der Waals surface area (Å²) in [6.45, 7) is 6.76. The minimum atomic E-state index is -0.318. The van der Waals surface area contributed by atoms with Crippen molar-refractivity contribution < 1.29 is 14.3 Å². The van der Waals surface area contributed by atoms with Crippen molar-refractivity contribution in [3.63, 3.8) is 0 Å². The third-order valence-corrected chi connectivity index (χ3v) is 3.98. The minimum Gasteiger partial charge on any atom is -0.378 e. The van der Waals surface area contributed by atoms with Gasteiger partial charge >= 0.3 is 0 Å². The summed E-state index contributed by atoms with van der Waals surface area (Å²) in [4.78, 5) is 24.7. The quantitative estimate of drug-likeness (QED) is 0.696. The molecule has 0 aromatic heterocycles. The van der Waals surface area contributed by atoms with Gasteiger partial charge in [0, 0.05) is 25.1 Å². The maximum atomic E-state index is 12.0. The van der Waals surface area contributed by atoms with Crippen LogP contribution in [0.1, 0.15) is 27.2 Å². The molecule has 1 saturated carbocycles. The number of likely N-dealkylation sites (N-methyl/N-ethyl adjacent to an activating group) is 1. The lowest BCUT2D eigenvalue weighted by atomic mass is 9.64. The first-order chi connectivity index (χ1) is 8.84. The number of amides is 2. The van der Waals surface area contributed by atoms with E-state index in [4.69, 9.17) is 10.5 Å². The predicted molar refractivity (Wildman–Crippen MR) is 72.4 cm³/mol. The fourth-order valence-electron chi connectivity index (χ4n) is 2.55. The predicted octanol–water partition coefficient (Wildman–Crippen LogP) is -0.277. The Labute approximate surface area is 114 Å². The van der Waals surface area contributed by atoms with Crippen molar-refractivity contribution in [3.8, 4) is 0 Å². The second-order valence-corrected chi connectivity index (χ2v) is 5.50. The fraction of sp³-hybridized carbons (Fsp3) is 0.846. The van der Waals surface area contributed by atoms with Crippen LogP contribution in [0.25, 0.3) is 0 Å². The van der Waals surface area contributed by atoms with E-state index in [0.29, 0.717) is 6.61 Å². The van der Waals surface area contributed by atoms with Crippen molar-refractivity contribution in [2.75, 3.05) is 26.7 Å². The molecule has 1 aliphatic carbocycles. The zero-order valence-corrected chi connectivity index (χ0v) is 12.2. The van der Waals surface area contributed by atoms with Crippen molar-refractivity contribution in [2.45, 2.75) is 39.3 Å². The Morgan fingerprint density at radius 2 is 2.11 bits per heavy atom. The van der Waals surface area contributed by atoms with Crippen LogP contribution in [-0.2, 0) is 14.3 Å². The Morgan fingerprint density at radius 3 is 2.58 bits per heavy atom. The van der Waals surface area contributed by atoms with E-state index in [1.165, 1.54) is 0 Å². The molecule has 6 nitrogen and oxygen atoms in total. The smallest absolute Gasteiger partial charge is 0.241 e. The Bertz CT molecular complexity index is 344. The van der Waals surface area contributed by atoms with Gasteiger partial charge in [0.2, 0.25) is 11.8 Å². The summed E-state index contributed by atoms with van der Waals surface area (Å²) in [6.07, 6.45) is 1.03. The van der Waals surface area contributed by atoms with Gasteiger partial charge in [-0.3, -0.25) is 9.59 Å². The van der Waals surface area contributed by atoms with Crippen LogP contribution < -0.4 is 11.1 Å². The summed E-state index contributed by atoms with van der Waals surface area (Å²) < 4.78 is 5.64. The maximum absolute atomic E-state index is 12.0. The molecular weight excluding hydrogens is 246 g/mol. The molecule has 0 aromatic rings. The zero-order valence-electron chi connectivity index (χ0n) is 12.2. The normalized spacial score (nSPS) is 24.5. The molecule has 2 unspecified atom stereocenters. The second-order valence-electron chi connectivity index (χ2n) is 5.50. The molecule has 0 aliphatic heterocycles. The molecule has 2 amide bonds. The SMILES string of the molecule is CCOC1CC(N(C)C(=O)CNC(=O)CN)C1(C)C. The third kappa shape index (κ3) is 3.45. The van der Waals surface area contributed by atoms with Gasteiger partial charge in [0.15, 0.2) is 0 Å². The van der Waals surface area contributed by atoms with Crippen molar-refractivity contribution in [2.24, 2.45) is 11.1 Å². The average Bonchev–Trinajstić information content (AvgIpc) is 2.39. The summed E-state index contributed by atoms with van der Waals surface area (Å²) in [5, 5.41) is 2.49. The Hall–Kier alpha value is -1.14. The Balaban J connectivity index is 2.48. The number of hydrogen-bond acceptors (Lipinski definition) is 4. The van der Waals surface area contributed by atoms with Crippen LogP contribution in [0.3, 0.4) is 0 Å². The standard InChI is InChI=1S/C13H25N3O3/c1-5-19-10-6-9(13(10,2)3)16(4)12(18)8-15-11(17)7-14/h9-10H,5-8,14H2,1-4H3,(H,15,17). The molecule has 19 heavy (non-hydrogen) atoms. The lowest BCUT2D eigenvalue weighted by molar-refractivity contribution is -0.163. The number of nitrogens with two attached hydrogens (primary N) is 1. The number of carbonyl (C=O) groups is 2. The van der Waals surface area contributed by atoms with Crippen LogP contribution in [0.2, 0.25) is 0 Å². The molecule has 1 rings (SSSR count). The summed E-state index contributed by atoms with van der Waals surface area (Å²) in [7, 11) is 1.77. The molecule has 3 N–H and O–H groups in total. The zero-order chi connectivity index (χ0) is 14.6. The van der Waals surface area contributed by atoms with E-state index in [1.54, 1.807) is 11.9 Å².